The van der Waals surface area contributed by atoms with Crippen LogP contribution in [0, 0.1) is 11.8 Å². The number of allylic oxidation sites excluding steroid dienone is 2. The highest BCUT2D eigenvalue weighted by atomic mass is 19.3. The number of esters is 1. The van der Waals surface area contributed by atoms with Crippen LogP contribution in [0.3, 0.4) is 0 Å². The van der Waals surface area contributed by atoms with Crippen LogP contribution in [0.4, 0.5) is 13.2 Å². The second-order valence-corrected chi connectivity index (χ2v) is 11.4. The molecule has 10 heteroatoms. The number of alkyl halides is 3. The number of hydrogen-bond donors (Lipinski definition) is 1. The van der Waals surface area contributed by atoms with Crippen LogP contribution in [0.5, 0.6) is 0 Å². The lowest BCUT2D eigenvalue weighted by atomic mass is 9.87. The number of carbonyl (C=O) groups is 1. The Kier molecular flexibility index (Phi) is 14.6. The van der Waals surface area contributed by atoms with Crippen LogP contribution in [0.25, 0.3) is 0 Å². The van der Waals surface area contributed by atoms with Crippen molar-refractivity contribution in [2.75, 3.05) is 20.3 Å². The van der Waals surface area contributed by atoms with Gasteiger partial charge in [0.05, 0.1) is 19.3 Å². The van der Waals surface area contributed by atoms with Gasteiger partial charge in [0.15, 0.2) is 12.6 Å². The van der Waals surface area contributed by atoms with Crippen molar-refractivity contribution >= 4 is 5.97 Å². The summed E-state index contributed by atoms with van der Waals surface area (Å²) in [4.78, 5) is 11.3. The molecular weight excluding hydrogens is 541 g/mol. The lowest BCUT2D eigenvalue weighted by Crippen LogP contribution is -2.39. The first-order chi connectivity index (χ1) is 19.7. The summed E-state index contributed by atoms with van der Waals surface area (Å²) in [5, 5.41) is 11.0. The predicted octanol–water partition coefficient (Wildman–Crippen LogP) is 6.43. The van der Waals surface area contributed by atoms with Crippen molar-refractivity contribution < 1.29 is 46.8 Å². The van der Waals surface area contributed by atoms with Gasteiger partial charge in [-0.15, -0.1) is 0 Å². The van der Waals surface area contributed by atoms with E-state index in [1.54, 1.807) is 12.2 Å². The number of rotatable bonds is 16. The Balaban J connectivity index is 1.79. The molecule has 1 saturated carbocycles. The van der Waals surface area contributed by atoms with Gasteiger partial charge in [-0.1, -0.05) is 37.6 Å². The van der Waals surface area contributed by atoms with Gasteiger partial charge >= 0.3 is 5.97 Å². The molecule has 3 unspecified atom stereocenters. The Labute approximate surface area is 242 Å². The number of methoxy groups -OCH3 is 1. The normalized spacial score (nSPS) is 31.1. The van der Waals surface area contributed by atoms with Gasteiger partial charge in [0.2, 0.25) is 0 Å². The predicted molar refractivity (Wildman–Crippen MR) is 148 cm³/mol. The third kappa shape index (κ3) is 11.0. The van der Waals surface area contributed by atoms with E-state index in [0.717, 1.165) is 25.7 Å². The van der Waals surface area contributed by atoms with E-state index in [1.165, 1.54) is 19.3 Å². The van der Waals surface area contributed by atoms with Crippen LogP contribution < -0.4 is 0 Å². The molecule has 3 fully saturated rings. The van der Waals surface area contributed by atoms with Crippen LogP contribution in [0.1, 0.15) is 90.4 Å². The van der Waals surface area contributed by atoms with Crippen LogP contribution in [-0.4, -0.2) is 74.4 Å². The molecule has 8 atom stereocenters. The molecule has 0 aromatic rings. The van der Waals surface area contributed by atoms with E-state index in [0.29, 0.717) is 51.7 Å². The van der Waals surface area contributed by atoms with Gasteiger partial charge in [-0.2, -0.15) is 0 Å². The number of carbonyl (C=O) groups excluding carboxylic acids is 1. The fraction of sp³-hybridized carbons (Fsp3) is 0.839. The van der Waals surface area contributed by atoms with Gasteiger partial charge in [0.25, 0.3) is 5.92 Å². The number of unbranched alkanes of at least 4 members (excludes halogenated alkanes) is 2. The Morgan fingerprint density at radius 2 is 1.78 bits per heavy atom. The van der Waals surface area contributed by atoms with Crippen LogP contribution in [-0.2, 0) is 28.5 Å². The highest BCUT2D eigenvalue weighted by Gasteiger charge is 2.47. The molecule has 1 aliphatic carbocycles. The maximum absolute atomic E-state index is 15.7. The van der Waals surface area contributed by atoms with Crippen LogP contribution in [0.15, 0.2) is 24.3 Å². The summed E-state index contributed by atoms with van der Waals surface area (Å²) in [5.74, 6) is -5.04. The Bertz CT molecular complexity index is 812. The molecule has 1 N–H and O–H groups in total. The molecule has 0 amide bonds. The zero-order chi connectivity index (χ0) is 29.7. The van der Waals surface area contributed by atoms with E-state index in [9.17, 15) is 9.90 Å². The van der Waals surface area contributed by atoms with E-state index in [4.69, 9.17) is 18.9 Å². The molecule has 41 heavy (non-hydrogen) atoms. The van der Waals surface area contributed by atoms with Crippen molar-refractivity contribution in [2.45, 2.75) is 133 Å². The van der Waals surface area contributed by atoms with Crippen LogP contribution >= 0.6 is 0 Å². The molecule has 3 aliphatic rings. The summed E-state index contributed by atoms with van der Waals surface area (Å²) < 4.78 is 74.4. The third-order valence-electron chi connectivity index (χ3n) is 8.15. The molecule has 3 rings (SSSR count). The second-order valence-electron chi connectivity index (χ2n) is 11.4. The molecule has 0 spiro atoms. The van der Waals surface area contributed by atoms with Gasteiger partial charge in [-0.05, 0) is 57.8 Å². The summed E-state index contributed by atoms with van der Waals surface area (Å²) in [7, 11) is 1.32. The zero-order valence-corrected chi connectivity index (χ0v) is 24.6. The monoisotopic (exact) mass is 590 g/mol. The van der Waals surface area contributed by atoms with Crippen molar-refractivity contribution in [2.24, 2.45) is 11.8 Å². The molecule has 0 aromatic carbocycles. The molecule has 0 radical (unpaired) electrons. The number of aliphatic hydroxyl groups is 1. The maximum atomic E-state index is 15.7. The molecule has 7 nitrogen and oxygen atoms in total. The minimum absolute atomic E-state index is 0.166. The molecule has 2 heterocycles. The molecular formula is C31H49F3O7. The maximum Gasteiger partial charge on any atom is 0.305 e. The molecule has 0 bridgehead atoms. The summed E-state index contributed by atoms with van der Waals surface area (Å²) in [5.41, 5.74) is 0. The highest BCUT2D eigenvalue weighted by molar-refractivity contribution is 5.69. The fourth-order valence-corrected chi connectivity index (χ4v) is 5.77. The standard InChI is InChI=1S/C31H49F3O7/c1-3-4-18-31(33,34)26(41-29-15-9-11-20-39-29)17-16-22-25(40-28-14-8-10-19-38-28)21-24(35)30(22)23(32)12-6-5-7-13-27(36)37-2/h6,12,16-17,22-26,28-30,35H,3-5,7-11,13-15,18-21H2,1-2H3/b12-6-,17-16+/t22-,23?,24-,25+,26+,28?,29?,30-/m0/s1. The largest absolute Gasteiger partial charge is 0.469 e. The van der Waals surface area contributed by atoms with E-state index < -0.39 is 54.8 Å². The van der Waals surface area contributed by atoms with Crippen molar-refractivity contribution in [1.82, 2.24) is 0 Å². The van der Waals surface area contributed by atoms with Gasteiger partial charge < -0.3 is 28.8 Å². The topological polar surface area (TPSA) is 83.5 Å². The first kappa shape index (κ1) is 34.0. The SMILES string of the molecule is CCCCC(F)(F)[C@@H](/C=C/[C@@H]1[C@@H](C(F)/C=C\CCCC(=O)OC)[C@@H](O)C[C@H]1OC1CCCCO1)OC1CCCCO1. The van der Waals surface area contributed by atoms with Gasteiger partial charge in [-0.25, -0.2) is 13.2 Å². The van der Waals surface area contributed by atoms with Crippen molar-refractivity contribution in [3.63, 3.8) is 0 Å². The minimum atomic E-state index is -3.14. The lowest BCUT2D eigenvalue weighted by molar-refractivity contribution is -0.227. The van der Waals surface area contributed by atoms with Crippen molar-refractivity contribution in [3.8, 4) is 0 Å². The van der Waals surface area contributed by atoms with Gasteiger partial charge in [-0.3, -0.25) is 4.79 Å². The summed E-state index contributed by atoms with van der Waals surface area (Å²) in [6.07, 6.45) is 6.78. The van der Waals surface area contributed by atoms with Crippen LogP contribution in [0.2, 0.25) is 0 Å². The highest BCUT2D eigenvalue weighted by Crippen LogP contribution is 2.41. The first-order valence-corrected chi connectivity index (χ1v) is 15.4. The summed E-state index contributed by atoms with van der Waals surface area (Å²) in [6.45, 7) is 2.88. The summed E-state index contributed by atoms with van der Waals surface area (Å²) >= 11 is 0. The average Bonchev–Trinajstić information content (AvgIpc) is 3.28. The van der Waals surface area contributed by atoms with E-state index in [2.05, 4.69) is 4.74 Å². The molecule has 2 aliphatic heterocycles. The minimum Gasteiger partial charge on any atom is -0.469 e. The average molecular weight is 591 g/mol. The van der Waals surface area contributed by atoms with Gasteiger partial charge in [0, 0.05) is 44.3 Å². The Morgan fingerprint density at radius 3 is 2.41 bits per heavy atom. The smallest absolute Gasteiger partial charge is 0.305 e. The van der Waals surface area contributed by atoms with Crippen molar-refractivity contribution in [3.05, 3.63) is 24.3 Å². The molecule has 0 aromatic heterocycles. The Morgan fingerprint density at radius 1 is 1.07 bits per heavy atom. The Hall–Kier alpha value is -1.46. The van der Waals surface area contributed by atoms with Gasteiger partial charge in [0.1, 0.15) is 12.3 Å². The summed E-state index contributed by atoms with van der Waals surface area (Å²) in [6, 6.07) is 0. The fourth-order valence-electron chi connectivity index (χ4n) is 5.77. The first-order valence-electron chi connectivity index (χ1n) is 15.4. The number of aliphatic hydroxyl groups excluding tert-OH is 1. The zero-order valence-electron chi connectivity index (χ0n) is 24.6. The van der Waals surface area contributed by atoms with E-state index in [-0.39, 0.29) is 25.2 Å². The molecule has 236 valence electrons. The molecule has 2 saturated heterocycles. The second kappa shape index (κ2) is 17.6. The lowest BCUT2D eigenvalue weighted by Gasteiger charge is -2.32. The van der Waals surface area contributed by atoms with E-state index >= 15 is 13.2 Å². The number of halogens is 3. The van der Waals surface area contributed by atoms with Crippen molar-refractivity contribution in [1.29, 1.82) is 0 Å². The van der Waals surface area contributed by atoms with E-state index in [1.807, 2.05) is 6.92 Å². The number of ether oxygens (including phenoxy) is 5. The number of hydrogen-bond acceptors (Lipinski definition) is 7. The third-order valence-corrected chi connectivity index (χ3v) is 8.15. The quantitative estimate of drug-likeness (QED) is 0.126.